The summed E-state index contributed by atoms with van der Waals surface area (Å²) in [5, 5.41) is 0. The lowest BCUT2D eigenvalue weighted by molar-refractivity contribution is -0.213. The lowest BCUT2D eigenvalue weighted by Gasteiger charge is -2.27. The first-order valence-electron chi connectivity index (χ1n) is 11.1. The third-order valence-corrected chi connectivity index (χ3v) is 8.98. The number of phosphoric ester groups is 1. The van der Waals surface area contributed by atoms with Gasteiger partial charge in [-0.2, -0.15) is 0 Å². The van der Waals surface area contributed by atoms with Crippen LogP contribution in [0.25, 0.3) is 23.7 Å². The molecule has 0 amide bonds. The molecule has 4 nitrogen and oxygen atoms in total. The van der Waals surface area contributed by atoms with Crippen LogP contribution in [0.4, 0.5) is 8.78 Å². The van der Waals surface area contributed by atoms with Crippen molar-refractivity contribution in [2.75, 3.05) is 0 Å². The summed E-state index contributed by atoms with van der Waals surface area (Å²) in [5.74, 6) is -1.15. The number of hydrogen-bond donors (Lipinski definition) is 0. The average Bonchev–Trinajstić information content (AvgIpc) is 3.13. The summed E-state index contributed by atoms with van der Waals surface area (Å²) in [6.45, 7) is 0. The average molecular weight is 550 g/mol. The molecule has 9 heteroatoms. The fourth-order valence-electron chi connectivity index (χ4n) is 4.07. The van der Waals surface area contributed by atoms with Crippen molar-refractivity contribution in [3.8, 4) is 0 Å². The minimum atomic E-state index is -5.08. The van der Waals surface area contributed by atoms with Crippen molar-refractivity contribution >= 4 is 55.0 Å². The molecule has 0 bridgehead atoms. The van der Waals surface area contributed by atoms with Crippen molar-refractivity contribution in [3.05, 3.63) is 119 Å². The Bertz CT molecular complexity index is 1550. The van der Waals surface area contributed by atoms with Crippen LogP contribution in [-0.4, -0.2) is 0 Å². The number of rotatable bonds is 4. The first-order chi connectivity index (χ1) is 17.9. The Hall–Kier alpha value is -3.29. The summed E-state index contributed by atoms with van der Waals surface area (Å²) in [6, 6.07) is 23.2. The molecule has 37 heavy (non-hydrogen) atoms. The Labute approximate surface area is 220 Å². The van der Waals surface area contributed by atoms with Gasteiger partial charge in [-0.15, -0.1) is 0 Å². The highest BCUT2D eigenvalue weighted by Crippen LogP contribution is 2.53. The van der Waals surface area contributed by atoms with E-state index >= 15 is 0 Å². The Morgan fingerprint density at radius 2 is 1.05 bits per heavy atom. The number of benzene rings is 4. The van der Waals surface area contributed by atoms with Crippen molar-refractivity contribution in [1.29, 1.82) is 0 Å². The van der Waals surface area contributed by atoms with E-state index in [2.05, 4.69) is 0 Å². The fourth-order valence-corrected chi connectivity index (χ4v) is 7.00. The second-order valence-electron chi connectivity index (χ2n) is 8.16. The van der Waals surface area contributed by atoms with Crippen LogP contribution in [0.15, 0.2) is 105 Å². The molecule has 2 aliphatic rings. The normalized spacial score (nSPS) is 14.0. The highest BCUT2D eigenvalue weighted by molar-refractivity contribution is 7.99. The Morgan fingerprint density at radius 3 is 1.51 bits per heavy atom. The van der Waals surface area contributed by atoms with Crippen molar-refractivity contribution < 1.29 is 27.3 Å². The summed E-state index contributed by atoms with van der Waals surface area (Å²) in [7, 11) is -5.08. The van der Waals surface area contributed by atoms with Crippen molar-refractivity contribution in [3.63, 3.8) is 0 Å². The van der Waals surface area contributed by atoms with Crippen LogP contribution in [0.2, 0.25) is 0 Å². The molecule has 0 aliphatic carbocycles. The molecule has 0 unspecified atom stereocenters. The molecule has 0 radical (unpaired) electrons. The van der Waals surface area contributed by atoms with Crippen LogP contribution in [-0.2, 0) is 13.6 Å². The second-order valence-corrected chi connectivity index (χ2v) is 11.5. The maximum Gasteiger partial charge on any atom is 0.372 e. The summed E-state index contributed by atoms with van der Waals surface area (Å²) in [5.41, 5.74) is 1.90. The van der Waals surface area contributed by atoms with E-state index < -0.39 is 19.5 Å². The molecule has 0 fully saturated rings. The van der Waals surface area contributed by atoms with Crippen LogP contribution in [0.5, 0.6) is 0 Å². The van der Waals surface area contributed by atoms with Gasteiger partial charge in [0.25, 0.3) is 0 Å². The molecule has 0 saturated heterocycles. The van der Waals surface area contributed by atoms with Gasteiger partial charge in [-0.3, -0.25) is 0 Å². The predicted octanol–water partition coefficient (Wildman–Crippen LogP) is 8.09. The van der Waals surface area contributed by atoms with Crippen molar-refractivity contribution in [2.24, 2.45) is 0 Å². The molecule has 0 saturated carbocycles. The van der Waals surface area contributed by atoms with Crippen LogP contribution < -0.4 is 4.89 Å². The van der Waals surface area contributed by atoms with Gasteiger partial charge in [-0.25, -0.2) is 13.3 Å². The molecular weight excluding hydrogens is 533 g/mol. The summed E-state index contributed by atoms with van der Waals surface area (Å²) < 4.78 is 53.9. The minimum Gasteiger partial charge on any atom is -0.736 e. The monoisotopic (exact) mass is 549 g/mol. The second kappa shape index (κ2) is 9.54. The van der Waals surface area contributed by atoms with Crippen LogP contribution >= 0.6 is 31.3 Å². The quantitative estimate of drug-likeness (QED) is 0.240. The van der Waals surface area contributed by atoms with Gasteiger partial charge in [-0.1, -0.05) is 72.1 Å². The third-order valence-electron chi connectivity index (χ3n) is 5.72. The number of fused-ring (bicyclic) bond motifs is 4. The molecule has 0 N–H and O–H groups in total. The topological polar surface area (TPSA) is 58.6 Å². The zero-order valence-corrected chi connectivity index (χ0v) is 21.4. The van der Waals surface area contributed by atoms with Gasteiger partial charge in [0.05, 0.1) is 9.79 Å². The molecule has 0 atom stereocenters. The van der Waals surface area contributed by atoms with Gasteiger partial charge in [0.2, 0.25) is 0 Å². The molecule has 2 heterocycles. The first kappa shape index (κ1) is 24.1. The van der Waals surface area contributed by atoms with Crippen molar-refractivity contribution in [2.45, 2.75) is 19.6 Å². The van der Waals surface area contributed by atoms with E-state index in [1.807, 2.05) is 24.3 Å². The van der Waals surface area contributed by atoms with E-state index in [-0.39, 0.29) is 32.4 Å². The fraction of sp³-hybridized carbons (Fsp3) is 0. The van der Waals surface area contributed by atoms with E-state index in [9.17, 15) is 18.2 Å². The molecule has 4 aromatic rings. The van der Waals surface area contributed by atoms with Crippen LogP contribution in [0.1, 0.15) is 22.3 Å². The zero-order valence-electron chi connectivity index (χ0n) is 18.9. The van der Waals surface area contributed by atoms with Gasteiger partial charge in [0, 0.05) is 20.9 Å². The van der Waals surface area contributed by atoms with Gasteiger partial charge in [0.1, 0.15) is 23.2 Å². The predicted molar refractivity (Wildman–Crippen MR) is 139 cm³/mol. The molecule has 0 spiro atoms. The van der Waals surface area contributed by atoms with E-state index in [1.54, 1.807) is 48.6 Å². The molecule has 6 rings (SSSR count). The maximum atomic E-state index is 14.8. The van der Waals surface area contributed by atoms with Gasteiger partial charge < -0.3 is 13.9 Å². The number of halogens is 2. The van der Waals surface area contributed by atoms with Crippen LogP contribution in [0.3, 0.4) is 0 Å². The third kappa shape index (κ3) is 4.74. The Morgan fingerprint density at radius 1 is 0.622 bits per heavy atom. The summed E-state index contributed by atoms with van der Waals surface area (Å²) in [6.07, 6.45) is 3.09. The summed E-state index contributed by atoms with van der Waals surface area (Å²) >= 11 is 2.37. The lowest BCUT2D eigenvalue weighted by atomic mass is 10.1. The molecule has 4 aromatic carbocycles. The van der Waals surface area contributed by atoms with E-state index in [4.69, 9.17) is 9.05 Å². The highest BCUT2D eigenvalue weighted by Gasteiger charge is 2.27. The molecule has 0 aromatic heterocycles. The Kier molecular flexibility index (Phi) is 6.21. The largest absolute Gasteiger partial charge is 0.736 e. The van der Waals surface area contributed by atoms with E-state index in [0.29, 0.717) is 11.1 Å². The Balaban J connectivity index is 1.42. The molecule has 2 aliphatic heterocycles. The highest BCUT2D eigenvalue weighted by atomic mass is 32.2. The van der Waals surface area contributed by atoms with E-state index in [0.717, 1.165) is 9.79 Å². The van der Waals surface area contributed by atoms with Gasteiger partial charge in [0.15, 0.2) is 0 Å². The first-order valence-corrected chi connectivity index (χ1v) is 14.2. The maximum absolute atomic E-state index is 14.8. The van der Waals surface area contributed by atoms with E-state index in [1.165, 1.54) is 47.8 Å². The van der Waals surface area contributed by atoms with Gasteiger partial charge >= 0.3 is 7.82 Å². The SMILES string of the molecule is O=P([O-])(OC1=Cc2ccccc2Sc2c(F)cccc21)OC1=Cc2ccccc2Sc2c(F)cccc21. The summed E-state index contributed by atoms with van der Waals surface area (Å²) in [4.78, 5) is 15.3. The molecule has 184 valence electrons. The smallest absolute Gasteiger partial charge is 0.372 e. The lowest BCUT2D eigenvalue weighted by Crippen LogP contribution is -2.08. The number of phosphoric acid groups is 1. The number of hydrogen-bond acceptors (Lipinski definition) is 6. The zero-order chi connectivity index (χ0) is 25.6. The standard InChI is InChI=1S/C28H17F2O4PS2/c29-21-11-5-9-19-23(15-17-7-1-3-13-25(17)36-27(19)21)33-35(31,32)34-24-16-18-8-2-4-14-26(18)37-28-20(24)10-6-12-22(28)30/h1-16H,(H,31,32)/p-1. The van der Waals surface area contributed by atoms with Crippen LogP contribution in [0, 0.1) is 11.6 Å². The minimum absolute atomic E-state index is 0.0752. The van der Waals surface area contributed by atoms with Gasteiger partial charge in [-0.05, 0) is 59.7 Å². The van der Waals surface area contributed by atoms with Crippen molar-refractivity contribution in [1.82, 2.24) is 0 Å². The molecular formula is C28H16F2O4PS2-.